The van der Waals surface area contributed by atoms with E-state index in [9.17, 15) is 4.79 Å². The van der Waals surface area contributed by atoms with E-state index >= 15 is 0 Å². The fourth-order valence-corrected chi connectivity index (χ4v) is 1.00. The number of hydrogen-bond donors (Lipinski definition) is 0. The van der Waals surface area contributed by atoms with Crippen molar-refractivity contribution in [2.75, 3.05) is 0 Å². The first-order valence-electron chi connectivity index (χ1n) is 2.15. The molecule has 72 valence electrons. The Morgan fingerprint density at radius 3 is 1.25 bits per heavy atom. The monoisotopic (exact) mass is 557 g/mol. The Bertz CT molecular complexity index is 150. The van der Waals surface area contributed by atoms with E-state index in [0.717, 1.165) is 0 Å². The van der Waals surface area contributed by atoms with Crippen molar-refractivity contribution in [3.05, 3.63) is 0 Å². The SMILES string of the molecule is O=C(OC(Br)(Br)Br)OC(Br)(Br)Br. The van der Waals surface area contributed by atoms with Gasteiger partial charge in [-0.15, -0.1) is 0 Å². The molecule has 0 aromatic heterocycles. The average Bonchev–Trinajstić information content (AvgIpc) is 1.49. The van der Waals surface area contributed by atoms with Crippen LogP contribution in [0.1, 0.15) is 0 Å². The third-order valence-corrected chi connectivity index (χ3v) is 1.37. The van der Waals surface area contributed by atoms with Crippen molar-refractivity contribution in [2.45, 2.75) is 4.66 Å². The van der Waals surface area contributed by atoms with Crippen molar-refractivity contribution < 1.29 is 14.3 Å². The minimum absolute atomic E-state index is 0.897. The first-order valence-corrected chi connectivity index (χ1v) is 6.91. The second-order valence-corrected chi connectivity index (χ2v) is 14.4. The van der Waals surface area contributed by atoms with Gasteiger partial charge in [0.1, 0.15) is 0 Å². The van der Waals surface area contributed by atoms with Crippen LogP contribution in [0.4, 0.5) is 4.79 Å². The number of carbonyl (C=O) groups excluding carboxylic acids is 1. The van der Waals surface area contributed by atoms with Crippen LogP contribution in [0.5, 0.6) is 0 Å². The van der Waals surface area contributed by atoms with Gasteiger partial charge in [0.15, 0.2) is 0 Å². The third kappa shape index (κ3) is 10.2. The van der Waals surface area contributed by atoms with Gasteiger partial charge in [-0.2, -0.15) is 0 Å². The molecule has 3 nitrogen and oxygen atoms in total. The predicted octanol–water partition coefficient (Wildman–Crippen LogP) is 4.73. The van der Waals surface area contributed by atoms with E-state index < -0.39 is 10.8 Å². The molecule has 0 aliphatic carbocycles. The van der Waals surface area contributed by atoms with E-state index in [2.05, 4.69) is 105 Å². The summed E-state index contributed by atoms with van der Waals surface area (Å²) in [5, 5.41) is 0. The minimum atomic E-state index is -1.11. The smallest absolute Gasteiger partial charge is 0.395 e. The zero-order chi connectivity index (χ0) is 9.99. The molecule has 0 heterocycles. The van der Waals surface area contributed by atoms with Crippen molar-refractivity contribution in [1.29, 1.82) is 0 Å². The maximum absolute atomic E-state index is 10.8. The lowest BCUT2D eigenvalue weighted by molar-refractivity contribution is 0.0672. The molecule has 0 N–H and O–H groups in total. The molecule has 0 rings (SSSR count). The zero-order valence-electron chi connectivity index (χ0n) is 4.99. The topological polar surface area (TPSA) is 35.5 Å². The van der Waals surface area contributed by atoms with Gasteiger partial charge in [0.05, 0.1) is 0 Å². The molecule has 0 aliphatic rings. The van der Waals surface area contributed by atoms with Gasteiger partial charge in [0.25, 0.3) is 4.66 Å². The molecule has 0 spiro atoms. The fourth-order valence-electron chi connectivity index (χ4n) is 0.210. The summed E-state index contributed by atoms with van der Waals surface area (Å²) >= 11 is 17.7. The van der Waals surface area contributed by atoms with Crippen LogP contribution in [0, 0.1) is 0 Å². The first kappa shape index (κ1) is 14.2. The standard InChI is InChI=1S/C3Br6O3/c4-2(5,6)11-1(10)12-3(7,8)9. The van der Waals surface area contributed by atoms with Gasteiger partial charge in [0.2, 0.25) is 0 Å². The van der Waals surface area contributed by atoms with Crippen molar-refractivity contribution in [3.63, 3.8) is 0 Å². The van der Waals surface area contributed by atoms with Gasteiger partial charge in [-0.25, -0.2) is 4.79 Å². The second-order valence-electron chi connectivity index (χ2n) is 1.35. The molecule has 0 aromatic rings. The van der Waals surface area contributed by atoms with E-state index in [1.54, 1.807) is 0 Å². The molecule has 0 bridgehead atoms. The molecule has 0 radical (unpaired) electrons. The van der Waals surface area contributed by atoms with Crippen LogP contribution in [0.2, 0.25) is 0 Å². The highest BCUT2D eigenvalue weighted by Gasteiger charge is 2.30. The van der Waals surface area contributed by atoms with Crippen molar-refractivity contribution in [3.8, 4) is 0 Å². The Morgan fingerprint density at radius 2 is 1.08 bits per heavy atom. The second kappa shape index (κ2) is 5.29. The molecule has 0 atom stereocenters. The lowest BCUT2D eigenvalue weighted by Gasteiger charge is -2.17. The van der Waals surface area contributed by atoms with Gasteiger partial charge in [-0.1, -0.05) is 0 Å². The summed E-state index contributed by atoms with van der Waals surface area (Å²) in [4.78, 5) is 10.8. The molecule has 0 saturated carbocycles. The highest BCUT2D eigenvalue weighted by atomic mass is 80.0. The summed E-state index contributed by atoms with van der Waals surface area (Å²) in [6.45, 7) is 0. The summed E-state index contributed by atoms with van der Waals surface area (Å²) in [6.07, 6.45) is -0.897. The number of carbonyl (C=O) groups is 1. The van der Waals surface area contributed by atoms with Crippen molar-refractivity contribution in [1.82, 2.24) is 0 Å². The molecule has 0 aromatic carbocycles. The molecule has 0 saturated heterocycles. The van der Waals surface area contributed by atoms with E-state index in [4.69, 9.17) is 0 Å². The number of ether oxygens (including phenoxy) is 2. The highest BCUT2D eigenvalue weighted by Crippen LogP contribution is 2.38. The van der Waals surface area contributed by atoms with Crippen LogP contribution in [0.15, 0.2) is 0 Å². The number of halogens is 6. The van der Waals surface area contributed by atoms with Crippen LogP contribution in [0.3, 0.4) is 0 Å². The summed E-state index contributed by atoms with van der Waals surface area (Å²) in [5.41, 5.74) is 0. The molecule has 0 unspecified atom stereocenters. The summed E-state index contributed by atoms with van der Waals surface area (Å²) in [7, 11) is 0. The van der Waals surface area contributed by atoms with Crippen LogP contribution >= 0.6 is 95.6 Å². The normalized spacial score (nSPS) is 12.5. The quantitative estimate of drug-likeness (QED) is 0.316. The number of alkyl halides is 6. The first-order chi connectivity index (χ1) is 5.10. The van der Waals surface area contributed by atoms with Gasteiger partial charge < -0.3 is 9.47 Å². The zero-order valence-corrected chi connectivity index (χ0v) is 14.5. The van der Waals surface area contributed by atoms with E-state index in [0.29, 0.717) is 0 Å². The molecule has 0 amide bonds. The lowest BCUT2D eigenvalue weighted by Crippen LogP contribution is -2.20. The van der Waals surface area contributed by atoms with Gasteiger partial charge in [-0.3, -0.25) is 0 Å². The Morgan fingerprint density at radius 1 is 0.833 bits per heavy atom. The van der Waals surface area contributed by atoms with Crippen LogP contribution in [-0.4, -0.2) is 10.8 Å². The molecule has 0 aliphatic heterocycles. The Labute approximate surface area is 119 Å². The molecular weight excluding hydrogens is 563 g/mol. The molecule has 0 fully saturated rings. The van der Waals surface area contributed by atoms with E-state index in [-0.39, 0.29) is 0 Å². The Hall–Kier alpha value is 2.15. The highest BCUT2D eigenvalue weighted by molar-refractivity contribution is 9.39. The van der Waals surface area contributed by atoms with Crippen LogP contribution in [-0.2, 0) is 9.47 Å². The van der Waals surface area contributed by atoms with E-state index in [1.165, 1.54) is 0 Å². The molecule has 12 heavy (non-hydrogen) atoms. The van der Waals surface area contributed by atoms with Crippen molar-refractivity contribution in [2.24, 2.45) is 0 Å². The lowest BCUT2D eigenvalue weighted by atomic mass is 11.3. The summed E-state index contributed by atoms with van der Waals surface area (Å²) < 4.78 is 7.01. The molecule has 9 heteroatoms. The fraction of sp³-hybridized carbons (Fsp3) is 0.667. The van der Waals surface area contributed by atoms with Gasteiger partial charge in [0, 0.05) is 0 Å². The number of rotatable bonds is 0. The summed E-state index contributed by atoms with van der Waals surface area (Å²) in [6, 6.07) is 0. The number of hydrogen-bond acceptors (Lipinski definition) is 3. The molecular formula is C3Br6O3. The largest absolute Gasteiger partial charge is 0.513 e. The third-order valence-electron chi connectivity index (χ3n) is 0.398. The average molecular weight is 563 g/mol. The van der Waals surface area contributed by atoms with Crippen LogP contribution < -0.4 is 0 Å². The summed E-state index contributed by atoms with van der Waals surface area (Å²) in [5.74, 6) is 0. The Kier molecular flexibility index (Phi) is 6.24. The van der Waals surface area contributed by atoms with Gasteiger partial charge >= 0.3 is 6.16 Å². The maximum atomic E-state index is 10.8. The maximum Gasteiger partial charge on any atom is 0.513 e. The van der Waals surface area contributed by atoms with E-state index in [1.807, 2.05) is 0 Å². The predicted molar refractivity (Wildman–Crippen MR) is 66.6 cm³/mol. The van der Waals surface area contributed by atoms with Gasteiger partial charge in [-0.05, 0) is 95.6 Å². The Balaban J connectivity index is 3.92. The minimum Gasteiger partial charge on any atom is -0.395 e. The van der Waals surface area contributed by atoms with Crippen LogP contribution in [0.25, 0.3) is 0 Å². The van der Waals surface area contributed by atoms with Crippen molar-refractivity contribution >= 4 is 102 Å².